The van der Waals surface area contributed by atoms with Gasteiger partial charge in [-0.15, -0.1) is 0 Å². The predicted octanol–water partition coefficient (Wildman–Crippen LogP) is 4.24. The topological polar surface area (TPSA) is 77.5 Å². The Hall–Kier alpha value is -3.41. The summed E-state index contributed by atoms with van der Waals surface area (Å²) in [5, 5.41) is 3.83. The van der Waals surface area contributed by atoms with Gasteiger partial charge in [0.05, 0.1) is 31.1 Å². The molecule has 0 atom stereocenters. The van der Waals surface area contributed by atoms with Crippen molar-refractivity contribution in [2.75, 3.05) is 19.0 Å². The van der Waals surface area contributed by atoms with Crippen molar-refractivity contribution in [2.24, 2.45) is 0 Å². The van der Waals surface area contributed by atoms with E-state index in [-0.39, 0.29) is 11.7 Å². The Kier molecular flexibility index (Phi) is 6.22. The number of para-hydroxylation sites is 1. The first kappa shape index (κ1) is 19.4. The average Bonchev–Trinajstić information content (AvgIpc) is 2.71. The molecule has 6 nitrogen and oxygen atoms in total. The van der Waals surface area contributed by atoms with Gasteiger partial charge in [0.25, 0.3) is 0 Å². The Balaban J connectivity index is 1.49. The molecular weight excluding hydrogens is 356 g/mol. The number of hydrogen-bond donors (Lipinski definition) is 1. The number of carbonyl (C=O) groups excluding carboxylic acids is 2. The summed E-state index contributed by atoms with van der Waals surface area (Å²) in [6.45, 7) is 1.86. The van der Waals surface area contributed by atoms with Crippen LogP contribution in [0.2, 0.25) is 0 Å². The van der Waals surface area contributed by atoms with Crippen LogP contribution >= 0.6 is 0 Å². The van der Waals surface area contributed by atoms with E-state index in [0.717, 1.165) is 10.9 Å². The molecule has 0 saturated carbocycles. The van der Waals surface area contributed by atoms with E-state index < -0.39 is 0 Å². The van der Waals surface area contributed by atoms with Gasteiger partial charge in [0.1, 0.15) is 0 Å². The van der Waals surface area contributed by atoms with Crippen LogP contribution in [0, 0.1) is 0 Å². The summed E-state index contributed by atoms with van der Waals surface area (Å²) in [6.07, 6.45) is 2.52. The van der Waals surface area contributed by atoms with Crippen LogP contribution in [-0.2, 0) is 4.79 Å². The largest absolute Gasteiger partial charge is 0.493 e. The molecule has 6 heteroatoms. The van der Waals surface area contributed by atoms with Crippen molar-refractivity contribution < 1.29 is 19.1 Å². The van der Waals surface area contributed by atoms with Crippen molar-refractivity contribution in [2.45, 2.75) is 19.8 Å². The van der Waals surface area contributed by atoms with Gasteiger partial charge >= 0.3 is 0 Å². The fraction of sp³-hybridized carbons (Fsp3) is 0.227. The SMILES string of the molecule is COc1cc(C(C)=O)ccc1OCCCC(=O)Nc1cnc2ccccc2c1. The van der Waals surface area contributed by atoms with Gasteiger partial charge in [0.15, 0.2) is 17.3 Å². The van der Waals surface area contributed by atoms with Gasteiger partial charge in [0.2, 0.25) is 5.91 Å². The standard InChI is InChI=1S/C22H22N2O4/c1-15(25)16-9-10-20(21(13-16)27-2)28-11-5-8-22(26)24-18-12-17-6-3-4-7-19(17)23-14-18/h3-4,6-7,9-10,12-14H,5,8,11H2,1-2H3,(H,24,26). The molecule has 28 heavy (non-hydrogen) atoms. The molecule has 0 aliphatic heterocycles. The van der Waals surface area contributed by atoms with E-state index in [1.54, 1.807) is 24.4 Å². The number of ketones is 1. The highest BCUT2D eigenvalue weighted by Crippen LogP contribution is 2.28. The smallest absolute Gasteiger partial charge is 0.224 e. The highest BCUT2D eigenvalue weighted by Gasteiger charge is 2.09. The molecule has 0 saturated heterocycles. The number of aromatic nitrogens is 1. The van der Waals surface area contributed by atoms with Crippen LogP contribution in [0.1, 0.15) is 30.1 Å². The van der Waals surface area contributed by atoms with E-state index in [0.29, 0.717) is 42.2 Å². The minimum Gasteiger partial charge on any atom is -0.493 e. The van der Waals surface area contributed by atoms with Crippen LogP contribution in [0.5, 0.6) is 11.5 Å². The highest BCUT2D eigenvalue weighted by atomic mass is 16.5. The summed E-state index contributed by atoms with van der Waals surface area (Å²) < 4.78 is 11.0. The molecule has 1 aromatic heterocycles. The number of benzene rings is 2. The molecule has 0 unspecified atom stereocenters. The van der Waals surface area contributed by atoms with E-state index in [9.17, 15) is 9.59 Å². The molecule has 1 amide bonds. The van der Waals surface area contributed by atoms with E-state index in [4.69, 9.17) is 9.47 Å². The molecule has 3 aromatic rings. The van der Waals surface area contributed by atoms with Gasteiger partial charge in [-0.2, -0.15) is 0 Å². The third-order valence-corrected chi connectivity index (χ3v) is 4.25. The van der Waals surface area contributed by atoms with Gasteiger partial charge in [-0.05, 0) is 43.7 Å². The predicted molar refractivity (Wildman–Crippen MR) is 108 cm³/mol. The number of methoxy groups -OCH3 is 1. The lowest BCUT2D eigenvalue weighted by Crippen LogP contribution is -2.13. The number of nitrogens with zero attached hydrogens (tertiary/aromatic N) is 1. The zero-order valence-electron chi connectivity index (χ0n) is 15.9. The molecule has 1 heterocycles. The first-order valence-corrected chi connectivity index (χ1v) is 9.03. The Labute approximate surface area is 163 Å². The van der Waals surface area contributed by atoms with Gasteiger partial charge in [-0.25, -0.2) is 0 Å². The lowest BCUT2D eigenvalue weighted by Gasteiger charge is -2.11. The monoisotopic (exact) mass is 378 g/mol. The minimum atomic E-state index is -0.0976. The number of rotatable bonds is 8. The second-order valence-corrected chi connectivity index (χ2v) is 6.34. The minimum absolute atomic E-state index is 0.0373. The fourth-order valence-electron chi connectivity index (χ4n) is 2.78. The molecule has 0 spiro atoms. The van der Waals surface area contributed by atoms with Gasteiger partial charge < -0.3 is 14.8 Å². The Bertz CT molecular complexity index is 1000. The van der Waals surface area contributed by atoms with E-state index >= 15 is 0 Å². The lowest BCUT2D eigenvalue weighted by molar-refractivity contribution is -0.116. The number of hydrogen-bond acceptors (Lipinski definition) is 5. The first-order chi connectivity index (χ1) is 13.6. The Morgan fingerprint density at radius 2 is 1.89 bits per heavy atom. The Morgan fingerprint density at radius 1 is 1.07 bits per heavy atom. The summed E-state index contributed by atoms with van der Waals surface area (Å²) in [6, 6.07) is 14.7. The highest BCUT2D eigenvalue weighted by molar-refractivity contribution is 5.95. The van der Waals surface area contributed by atoms with Gasteiger partial charge in [-0.1, -0.05) is 18.2 Å². The second-order valence-electron chi connectivity index (χ2n) is 6.34. The Morgan fingerprint density at radius 3 is 2.68 bits per heavy atom. The van der Waals surface area contributed by atoms with Crippen LogP contribution < -0.4 is 14.8 Å². The van der Waals surface area contributed by atoms with Crippen LogP contribution in [-0.4, -0.2) is 30.4 Å². The zero-order valence-corrected chi connectivity index (χ0v) is 15.9. The van der Waals surface area contributed by atoms with Crippen molar-refractivity contribution in [3.63, 3.8) is 0 Å². The quantitative estimate of drug-likeness (QED) is 0.468. The first-order valence-electron chi connectivity index (χ1n) is 9.03. The molecule has 2 aromatic carbocycles. The number of anilines is 1. The number of nitrogens with one attached hydrogen (secondary N) is 1. The molecule has 0 aliphatic carbocycles. The van der Waals surface area contributed by atoms with Crippen molar-refractivity contribution in [1.82, 2.24) is 4.98 Å². The normalized spacial score (nSPS) is 10.5. The molecule has 0 radical (unpaired) electrons. The number of amides is 1. The third-order valence-electron chi connectivity index (χ3n) is 4.25. The molecule has 144 valence electrons. The number of carbonyl (C=O) groups is 2. The molecule has 3 rings (SSSR count). The van der Waals surface area contributed by atoms with Gasteiger partial charge in [0, 0.05) is 17.4 Å². The maximum Gasteiger partial charge on any atom is 0.224 e. The molecule has 1 N–H and O–H groups in total. The number of pyridine rings is 1. The van der Waals surface area contributed by atoms with Crippen molar-refractivity contribution in [1.29, 1.82) is 0 Å². The summed E-state index contributed by atoms with van der Waals surface area (Å²) in [5.41, 5.74) is 2.12. The fourth-order valence-corrected chi connectivity index (χ4v) is 2.78. The van der Waals surface area contributed by atoms with Crippen LogP contribution in [0.4, 0.5) is 5.69 Å². The van der Waals surface area contributed by atoms with E-state index in [1.807, 2.05) is 30.3 Å². The maximum absolute atomic E-state index is 12.1. The van der Waals surface area contributed by atoms with Crippen molar-refractivity contribution in [3.8, 4) is 11.5 Å². The van der Waals surface area contributed by atoms with Gasteiger partial charge in [-0.3, -0.25) is 14.6 Å². The zero-order chi connectivity index (χ0) is 19.9. The van der Waals surface area contributed by atoms with Crippen molar-refractivity contribution >= 4 is 28.3 Å². The van der Waals surface area contributed by atoms with Crippen LogP contribution in [0.15, 0.2) is 54.7 Å². The summed E-state index contributed by atoms with van der Waals surface area (Å²) >= 11 is 0. The average molecular weight is 378 g/mol. The molecule has 0 bridgehead atoms. The third kappa shape index (κ3) is 4.85. The van der Waals surface area contributed by atoms with E-state index in [1.165, 1.54) is 14.0 Å². The van der Waals surface area contributed by atoms with Crippen LogP contribution in [0.3, 0.4) is 0 Å². The number of ether oxygens (including phenoxy) is 2. The van der Waals surface area contributed by atoms with E-state index in [2.05, 4.69) is 10.3 Å². The van der Waals surface area contributed by atoms with Crippen LogP contribution in [0.25, 0.3) is 10.9 Å². The lowest BCUT2D eigenvalue weighted by atomic mass is 10.1. The molecule has 0 fully saturated rings. The number of fused-ring (bicyclic) bond motifs is 1. The summed E-state index contributed by atoms with van der Waals surface area (Å²) in [5.74, 6) is 0.912. The summed E-state index contributed by atoms with van der Waals surface area (Å²) in [4.78, 5) is 27.9. The molecular formula is C22H22N2O4. The maximum atomic E-state index is 12.1. The molecule has 0 aliphatic rings. The number of Topliss-reactive ketones (excluding diaryl/α,β-unsaturated/α-hetero) is 1. The summed E-state index contributed by atoms with van der Waals surface area (Å²) in [7, 11) is 1.52. The second kappa shape index (κ2) is 8.99. The van der Waals surface area contributed by atoms with Crippen molar-refractivity contribution in [3.05, 3.63) is 60.3 Å².